The Balaban J connectivity index is 1.59. The summed E-state index contributed by atoms with van der Waals surface area (Å²) >= 11 is 0. The van der Waals surface area contributed by atoms with Crippen molar-refractivity contribution in [2.45, 2.75) is 32.2 Å². The molecular weight excluding hydrogens is 470 g/mol. The first kappa shape index (κ1) is 23.8. The van der Waals surface area contributed by atoms with Gasteiger partial charge < -0.3 is 28.6 Å². The number of amides is 1. The van der Waals surface area contributed by atoms with Gasteiger partial charge in [0, 0.05) is 13.0 Å². The molecule has 190 valence electrons. The van der Waals surface area contributed by atoms with Gasteiger partial charge >= 0.3 is 0 Å². The van der Waals surface area contributed by atoms with Crippen molar-refractivity contribution in [2.75, 3.05) is 34.0 Å². The highest BCUT2D eigenvalue weighted by Gasteiger charge is 2.29. The maximum Gasteiger partial charge on any atom is 0.275 e. The topological polar surface area (TPSA) is 142 Å². The molecule has 1 aliphatic heterocycles. The minimum atomic E-state index is -0.603. The molecule has 5 rings (SSSR count). The second kappa shape index (κ2) is 9.97. The number of carbonyl (C=O) groups is 1. The zero-order valence-electron chi connectivity index (χ0n) is 20.1. The Morgan fingerprint density at radius 2 is 1.89 bits per heavy atom. The number of aromatic hydroxyl groups is 1. The van der Waals surface area contributed by atoms with Crippen molar-refractivity contribution in [1.29, 1.82) is 0 Å². The van der Waals surface area contributed by atoms with Crippen LogP contribution >= 0.6 is 0 Å². The minimum Gasteiger partial charge on any atom is -0.494 e. The third-order valence-corrected chi connectivity index (χ3v) is 6.32. The van der Waals surface area contributed by atoms with E-state index in [9.17, 15) is 14.7 Å². The molecule has 1 N–H and O–H groups in total. The Morgan fingerprint density at radius 1 is 1.14 bits per heavy atom. The van der Waals surface area contributed by atoms with Gasteiger partial charge in [0.15, 0.2) is 5.56 Å². The van der Waals surface area contributed by atoms with Crippen LogP contribution in [0.1, 0.15) is 31.0 Å². The minimum absolute atomic E-state index is 0.0144. The van der Waals surface area contributed by atoms with Gasteiger partial charge in [0.1, 0.15) is 29.6 Å². The van der Waals surface area contributed by atoms with E-state index >= 15 is 0 Å². The van der Waals surface area contributed by atoms with Crippen LogP contribution in [0.25, 0.3) is 17.1 Å². The van der Waals surface area contributed by atoms with Gasteiger partial charge in [-0.05, 0) is 24.5 Å². The SMILES string of the molecule is COc1cccc(OC)c1-n1c(CCC2CC2)nc(O)c(-c2nnc(CN3CCOCC3=O)o2)c1=O. The molecule has 0 unspecified atom stereocenters. The molecule has 1 saturated carbocycles. The molecule has 2 fully saturated rings. The molecule has 1 aliphatic carbocycles. The maximum absolute atomic E-state index is 13.9. The van der Waals surface area contributed by atoms with E-state index in [0.29, 0.717) is 48.5 Å². The molecule has 1 saturated heterocycles. The summed E-state index contributed by atoms with van der Waals surface area (Å²) in [6.07, 6.45) is 3.59. The number of morpholine rings is 1. The van der Waals surface area contributed by atoms with Crippen molar-refractivity contribution >= 4 is 5.91 Å². The summed E-state index contributed by atoms with van der Waals surface area (Å²) in [6.45, 7) is 0.849. The first-order valence-electron chi connectivity index (χ1n) is 11.7. The summed E-state index contributed by atoms with van der Waals surface area (Å²) in [5.74, 6) is 0.979. The maximum atomic E-state index is 13.9. The van der Waals surface area contributed by atoms with Crippen LogP contribution in [-0.4, -0.2) is 69.6 Å². The summed E-state index contributed by atoms with van der Waals surface area (Å²) in [5.41, 5.74) is -0.482. The van der Waals surface area contributed by atoms with Crippen molar-refractivity contribution < 1.29 is 28.5 Å². The van der Waals surface area contributed by atoms with Crippen molar-refractivity contribution in [3.63, 3.8) is 0 Å². The Hall–Kier alpha value is -3.93. The van der Waals surface area contributed by atoms with E-state index in [1.54, 1.807) is 18.2 Å². The quantitative estimate of drug-likeness (QED) is 0.464. The van der Waals surface area contributed by atoms with Crippen LogP contribution in [0, 0.1) is 5.92 Å². The number of benzene rings is 1. The molecule has 3 aromatic rings. The van der Waals surface area contributed by atoms with E-state index in [1.165, 1.54) is 23.7 Å². The molecule has 0 radical (unpaired) electrons. The monoisotopic (exact) mass is 497 g/mol. The molecule has 1 amide bonds. The molecule has 2 aliphatic rings. The zero-order valence-corrected chi connectivity index (χ0v) is 20.1. The number of aryl methyl sites for hydroxylation is 1. The lowest BCUT2D eigenvalue weighted by Crippen LogP contribution is -2.41. The van der Waals surface area contributed by atoms with Gasteiger partial charge in [-0.2, -0.15) is 4.98 Å². The number of carbonyl (C=O) groups excluding carboxylic acids is 1. The van der Waals surface area contributed by atoms with Crippen molar-refractivity contribution in [2.24, 2.45) is 5.92 Å². The van der Waals surface area contributed by atoms with E-state index in [2.05, 4.69) is 15.2 Å². The summed E-state index contributed by atoms with van der Waals surface area (Å²) < 4.78 is 23.3. The van der Waals surface area contributed by atoms with Gasteiger partial charge in [-0.25, -0.2) is 0 Å². The number of para-hydroxylation sites is 1. The molecule has 0 bridgehead atoms. The average Bonchev–Trinajstić information content (AvgIpc) is 3.61. The van der Waals surface area contributed by atoms with Gasteiger partial charge in [-0.3, -0.25) is 14.2 Å². The standard InChI is InChI=1S/C24H27N5O7/c1-33-15-4-3-5-16(34-2)21(15)29-17(9-8-14-6-7-14)25-22(31)20(24(29)32)23-27-26-18(36-23)12-28-10-11-35-13-19(28)30/h3-5,14,31H,6-13H2,1-2H3. The van der Waals surface area contributed by atoms with Crippen LogP contribution in [0.3, 0.4) is 0 Å². The highest BCUT2D eigenvalue weighted by atomic mass is 16.5. The van der Waals surface area contributed by atoms with Crippen LogP contribution < -0.4 is 15.0 Å². The van der Waals surface area contributed by atoms with Crippen molar-refractivity contribution in [1.82, 2.24) is 24.6 Å². The lowest BCUT2D eigenvalue weighted by atomic mass is 10.1. The Morgan fingerprint density at radius 3 is 2.56 bits per heavy atom. The number of methoxy groups -OCH3 is 2. The summed E-state index contributed by atoms with van der Waals surface area (Å²) in [6, 6.07) is 5.18. The Kier molecular flexibility index (Phi) is 6.59. The van der Waals surface area contributed by atoms with Gasteiger partial charge in [-0.1, -0.05) is 18.9 Å². The van der Waals surface area contributed by atoms with E-state index in [4.69, 9.17) is 18.6 Å². The van der Waals surface area contributed by atoms with Gasteiger partial charge in [0.2, 0.25) is 17.7 Å². The Labute approximate surface area is 206 Å². The fourth-order valence-electron chi connectivity index (χ4n) is 4.23. The van der Waals surface area contributed by atoms with Gasteiger partial charge in [0.25, 0.3) is 11.4 Å². The van der Waals surface area contributed by atoms with Crippen LogP contribution in [0.15, 0.2) is 27.4 Å². The smallest absolute Gasteiger partial charge is 0.275 e. The second-order valence-corrected chi connectivity index (χ2v) is 8.73. The van der Waals surface area contributed by atoms with Crippen molar-refractivity contribution in [3.8, 4) is 34.5 Å². The number of hydrogen-bond donors (Lipinski definition) is 1. The largest absolute Gasteiger partial charge is 0.494 e. The summed E-state index contributed by atoms with van der Waals surface area (Å²) in [4.78, 5) is 31.8. The number of nitrogens with zero attached hydrogens (tertiary/aromatic N) is 5. The predicted octanol–water partition coefficient (Wildman–Crippen LogP) is 1.71. The van der Waals surface area contributed by atoms with Crippen LogP contribution in [-0.2, 0) is 22.5 Å². The molecule has 0 atom stereocenters. The highest BCUT2D eigenvalue weighted by molar-refractivity contribution is 5.77. The van der Waals surface area contributed by atoms with E-state index in [-0.39, 0.29) is 36.4 Å². The number of ether oxygens (including phenoxy) is 3. The molecular formula is C24H27N5O7. The molecule has 3 heterocycles. The first-order valence-corrected chi connectivity index (χ1v) is 11.7. The lowest BCUT2D eigenvalue weighted by Gasteiger charge is -2.25. The lowest BCUT2D eigenvalue weighted by molar-refractivity contribution is -0.143. The van der Waals surface area contributed by atoms with Gasteiger partial charge in [-0.15, -0.1) is 10.2 Å². The molecule has 12 heteroatoms. The number of hydrogen-bond acceptors (Lipinski definition) is 10. The molecule has 36 heavy (non-hydrogen) atoms. The average molecular weight is 498 g/mol. The fourth-order valence-corrected chi connectivity index (χ4v) is 4.23. The number of aromatic nitrogens is 4. The zero-order chi connectivity index (χ0) is 25.2. The predicted molar refractivity (Wildman–Crippen MR) is 125 cm³/mol. The van der Waals surface area contributed by atoms with E-state index in [1.807, 2.05) is 0 Å². The number of rotatable bonds is 9. The normalized spacial score (nSPS) is 15.8. The van der Waals surface area contributed by atoms with E-state index in [0.717, 1.165) is 19.3 Å². The highest BCUT2D eigenvalue weighted by Crippen LogP contribution is 2.36. The third-order valence-electron chi connectivity index (χ3n) is 6.32. The van der Waals surface area contributed by atoms with Crippen LogP contribution in [0.5, 0.6) is 17.4 Å². The Bertz CT molecular complexity index is 1310. The fraction of sp³-hybridized carbons (Fsp3) is 0.458. The van der Waals surface area contributed by atoms with Crippen LogP contribution in [0.4, 0.5) is 0 Å². The third kappa shape index (κ3) is 4.63. The van der Waals surface area contributed by atoms with Gasteiger partial charge in [0.05, 0.1) is 27.4 Å². The molecule has 2 aromatic heterocycles. The summed E-state index contributed by atoms with van der Waals surface area (Å²) in [7, 11) is 3.00. The first-order chi connectivity index (χ1) is 17.5. The molecule has 1 aromatic carbocycles. The second-order valence-electron chi connectivity index (χ2n) is 8.73. The van der Waals surface area contributed by atoms with E-state index < -0.39 is 11.4 Å². The summed E-state index contributed by atoms with van der Waals surface area (Å²) in [5, 5.41) is 18.8. The van der Waals surface area contributed by atoms with Crippen LogP contribution in [0.2, 0.25) is 0 Å². The molecule has 12 nitrogen and oxygen atoms in total. The van der Waals surface area contributed by atoms with Crippen molar-refractivity contribution in [3.05, 3.63) is 40.3 Å². The molecule has 0 spiro atoms.